The van der Waals surface area contributed by atoms with Gasteiger partial charge >= 0.3 is 6.09 Å². The number of nitrogens with two attached hydrogens (primary N) is 1. The van der Waals surface area contributed by atoms with Crippen LogP contribution in [0.3, 0.4) is 0 Å². The molecule has 0 unspecified atom stereocenters. The van der Waals surface area contributed by atoms with E-state index >= 15 is 0 Å². The van der Waals surface area contributed by atoms with Crippen LogP contribution < -0.4 is 5.73 Å². The molecule has 74 valence electrons. The average Bonchev–Trinajstić information content (AvgIpc) is 2.18. The summed E-state index contributed by atoms with van der Waals surface area (Å²) in [6.07, 6.45) is -0.119. The molecule has 0 radical (unpaired) electrons. The maximum absolute atomic E-state index is 10.8. The normalized spacial score (nSPS) is 15.0. The summed E-state index contributed by atoms with van der Waals surface area (Å²) in [4.78, 5) is 12.1. The molecule has 2 rings (SSSR count). The fourth-order valence-electron chi connectivity index (χ4n) is 1.77. The van der Waals surface area contributed by atoms with Crippen molar-refractivity contribution in [3.63, 3.8) is 0 Å². The number of nitrogens with zero attached hydrogens (tertiary/aromatic N) is 1. The number of carbonyl (C=O) groups is 1. The third kappa shape index (κ3) is 1.39. The van der Waals surface area contributed by atoms with E-state index in [9.17, 15) is 4.79 Å². The van der Waals surface area contributed by atoms with E-state index in [0.29, 0.717) is 18.8 Å². The Balaban J connectivity index is 2.33. The lowest BCUT2D eigenvalue weighted by atomic mass is 9.98. The quantitative estimate of drug-likeness (QED) is 0.609. The molecule has 0 aromatic heterocycles. The molecule has 0 bridgehead atoms. The molecular weight excluding hydrogens is 180 g/mol. The van der Waals surface area contributed by atoms with E-state index in [4.69, 9.17) is 10.8 Å². The molecule has 0 atom stereocenters. The van der Waals surface area contributed by atoms with Crippen molar-refractivity contribution in [2.45, 2.75) is 13.0 Å². The Morgan fingerprint density at radius 3 is 3.00 bits per heavy atom. The molecule has 1 aromatic rings. The number of hydrogen-bond acceptors (Lipinski definition) is 2. The largest absolute Gasteiger partial charge is 0.465 e. The van der Waals surface area contributed by atoms with Crippen LogP contribution in [0.15, 0.2) is 18.2 Å². The number of amides is 1. The van der Waals surface area contributed by atoms with E-state index in [-0.39, 0.29) is 0 Å². The minimum atomic E-state index is -0.876. The van der Waals surface area contributed by atoms with E-state index in [0.717, 1.165) is 12.0 Å². The van der Waals surface area contributed by atoms with Crippen LogP contribution in [0.2, 0.25) is 0 Å². The topological polar surface area (TPSA) is 66.6 Å². The summed E-state index contributed by atoms with van der Waals surface area (Å²) < 4.78 is 0. The molecule has 1 aliphatic heterocycles. The summed E-state index contributed by atoms with van der Waals surface area (Å²) in [5.41, 5.74) is 8.60. The van der Waals surface area contributed by atoms with Gasteiger partial charge in [-0.1, -0.05) is 12.1 Å². The van der Waals surface area contributed by atoms with Crippen LogP contribution in [-0.2, 0) is 13.0 Å². The van der Waals surface area contributed by atoms with Gasteiger partial charge in [-0.05, 0) is 23.6 Å². The van der Waals surface area contributed by atoms with E-state index in [1.807, 2.05) is 18.2 Å². The molecule has 0 aliphatic carbocycles. The molecule has 1 aliphatic rings. The van der Waals surface area contributed by atoms with Gasteiger partial charge in [-0.2, -0.15) is 0 Å². The molecular formula is C10H12N2O2. The summed E-state index contributed by atoms with van der Waals surface area (Å²) >= 11 is 0. The van der Waals surface area contributed by atoms with Crippen molar-refractivity contribution in [2.75, 3.05) is 12.3 Å². The molecule has 0 spiro atoms. The number of fused-ring (bicyclic) bond motifs is 1. The Morgan fingerprint density at radius 2 is 2.29 bits per heavy atom. The van der Waals surface area contributed by atoms with Crippen molar-refractivity contribution in [3.8, 4) is 0 Å². The van der Waals surface area contributed by atoms with Gasteiger partial charge in [0.25, 0.3) is 0 Å². The second-order valence-electron chi connectivity index (χ2n) is 3.44. The van der Waals surface area contributed by atoms with Crippen LogP contribution in [0, 0.1) is 0 Å². The van der Waals surface area contributed by atoms with Crippen LogP contribution in [0.1, 0.15) is 11.1 Å². The second kappa shape index (κ2) is 3.21. The number of benzene rings is 1. The van der Waals surface area contributed by atoms with E-state index in [2.05, 4.69) is 0 Å². The number of hydrogen-bond donors (Lipinski definition) is 2. The molecule has 4 nitrogen and oxygen atoms in total. The fourth-order valence-corrected chi connectivity index (χ4v) is 1.77. The molecule has 0 saturated carbocycles. The first-order valence-electron chi connectivity index (χ1n) is 4.52. The zero-order valence-corrected chi connectivity index (χ0v) is 7.73. The first-order chi connectivity index (χ1) is 6.68. The number of rotatable bonds is 0. The summed E-state index contributed by atoms with van der Waals surface area (Å²) in [6, 6.07) is 5.72. The zero-order valence-electron chi connectivity index (χ0n) is 7.73. The van der Waals surface area contributed by atoms with E-state index in [1.165, 1.54) is 10.5 Å². The second-order valence-corrected chi connectivity index (χ2v) is 3.44. The van der Waals surface area contributed by atoms with Crippen LogP contribution in [-0.4, -0.2) is 22.6 Å². The first-order valence-corrected chi connectivity index (χ1v) is 4.52. The van der Waals surface area contributed by atoms with E-state index < -0.39 is 6.09 Å². The van der Waals surface area contributed by atoms with Crippen LogP contribution in [0.4, 0.5) is 10.5 Å². The predicted octanol–water partition coefficient (Wildman–Crippen LogP) is 1.30. The molecule has 1 heterocycles. The van der Waals surface area contributed by atoms with Crippen molar-refractivity contribution in [3.05, 3.63) is 29.3 Å². The number of anilines is 1. The lowest BCUT2D eigenvalue weighted by molar-refractivity contribution is 0.140. The van der Waals surface area contributed by atoms with Gasteiger partial charge in [-0.25, -0.2) is 4.79 Å². The molecule has 14 heavy (non-hydrogen) atoms. The Bertz CT molecular complexity index is 376. The van der Waals surface area contributed by atoms with E-state index in [1.54, 1.807) is 0 Å². The van der Waals surface area contributed by atoms with Crippen LogP contribution in [0.25, 0.3) is 0 Å². The van der Waals surface area contributed by atoms with Crippen LogP contribution in [0.5, 0.6) is 0 Å². The standard InChI is InChI=1S/C10H12N2O2/c11-9-3-1-2-7-4-5-12(10(13)14)6-8(7)9/h1-3H,4-6,11H2,(H,13,14). The van der Waals surface area contributed by atoms with Gasteiger partial charge in [-0.3, -0.25) is 0 Å². The van der Waals surface area contributed by atoms with Crippen molar-refractivity contribution >= 4 is 11.8 Å². The monoisotopic (exact) mass is 192 g/mol. The highest BCUT2D eigenvalue weighted by Crippen LogP contribution is 2.23. The Labute approximate surface area is 81.9 Å². The molecule has 0 fully saturated rings. The predicted molar refractivity (Wildman–Crippen MR) is 53.0 cm³/mol. The van der Waals surface area contributed by atoms with Crippen LogP contribution >= 0.6 is 0 Å². The summed E-state index contributed by atoms with van der Waals surface area (Å²) in [7, 11) is 0. The van der Waals surface area contributed by atoms with Crippen molar-refractivity contribution < 1.29 is 9.90 Å². The molecule has 1 aromatic carbocycles. The maximum atomic E-state index is 10.8. The highest BCUT2D eigenvalue weighted by Gasteiger charge is 2.20. The fraction of sp³-hybridized carbons (Fsp3) is 0.300. The zero-order chi connectivity index (χ0) is 10.1. The van der Waals surface area contributed by atoms with Gasteiger partial charge in [0.05, 0.1) is 6.54 Å². The average molecular weight is 192 g/mol. The summed E-state index contributed by atoms with van der Waals surface area (Å²) in [6.45, 7) is 0.975. The lowest BCUT2D eigenvalue weighted by Crippen LogP contribution is -2.35. The van der Waals surface area contributed by atoms with Gasteiger partial charge in [0.2, 0.25) is 0 Å². The smallest absolute Gasteiger partial charge is 0.407 e. The Morgan fingerprint density at radius 1 is 1.50 bits per heavy atom. The van der Waals surface area contributed by atoms with Gasteiger partial charge < -0.3 is 15.7 Å². The van der Waals surface area contributed by atoms with Crippen molar-refractivity contribution in [1.82, 2.24) is 4.90 Å². The molecule has 1 amide bonds. The molecule has 3 N–H and O–H groups in total. The minimum absolute atomic E-state index is 0.414. The number of nitrogen functional groups attached to an aromatic ring is 1. The highest BCUT2D eigenvalue weighted by molar-refractivity contribution is 5.66. The van der Waals surface area contributed by atoms with Gasteiger partial charge in [0, 0.05) is 12.2 Å². The minimum Gasteiger partial charge on any atom is -0.465 e. The third-order valence-electron chi connectivity index (χ3n) is 2.58. The van der Waals surface area contributed by atoms with Gasteiger partial charge in [0.1, 0.15) is 0 Å². The third-order valence-corrected chi connectivity index (χ3v) is 2.58. The Hall–Kier alpha value is -1.71. The van der Waals surface area contributed by atoms with Gasteiger partial charge in [-0.15, -0.1) is 0 Å². The summed E-state index contributed by atoms with van der Waals surface area (Å²) in [5, 5.41) is 8.84. The number of carboxylic acid groups (broad SMARTS) is 1. The molecule has 0 saturated heterocycles. The highest BCUT2D eigenvalue weighted by atomic mass is 16.4. The van der Waals surface area contributed by atoms with Crippen molar-refractivity contribution in [1.29, 1.82) is 0 Å². The lowest BCUT2D eigenvalue weighted by Gasteiger charge is -2.27. The SMILES string of the molecule is Nc1cccc2c1CN(C(=O)O)CC2. The van der Waals surface area contributed by atoms with Crippen molar-refractivity contribution in [2.24, 2.45) is 0 Å². The summed E-state index contributed by atoms with van der Waals surface area (Å²) in [5.74, 6) is 0. The van der Waals surface area contributed by atoms with Gasteiger partial charge in [0.15, 0.2) is 0 Å². The Kier molecular flexibility index (Phi) is 2.04. The first kappa shape index (κ1) is 8.87. The maximum Gasteiger partial charge on any atom is 0.407 e. The molecule has 4 heteroatoms.